The van der Waals surface area contributed by atoms with Gasteiger partial charge < -0.3 is 10.2 Å². The van der Waals surface area contributed by atoms with Gasteiger partial charge in [-0.25, -0.2) is 0 Å². The molecule has 2 unspecified atom stereocenters. The molecule has 0 amide bonds. The number of rotatable bonds is 9. The van der Waals surface area contributed by atoms with Gasteiger partial charge in [0.1, 0.15) is 0 Å². The van der Waals surface area contributed by atoms with Crippen molar-refractivity contribution in [3.63, 3.8) is 0 Å². The highest BCUT2D eigenvalue weighted by atomic mass is 15.1. The van der Waals surface area contributed by atoms with Crippen LogP contribution in [0.3, 0.4) is 0 Å². The van der Waals surface area contributed by atoms with Gasteiger partial charge in [-0.3, -0.25) is 0 Å². The van der Waals surface area contributed by atoms with Crippen LogP contribution in [0.25, 0.3) is 0 Å². The van der Waals surface area contributed by atoms with E-state index in [2.05, 4.69) is 45.0 Å². The Morgan fingerprint density at radius 3 is 2.70 bits per heavy atom. The summed E-state index contributed by atoms with van der Waals surface area (Å²) in [5, 5.41) is 3.75. The van der Waals surface area contributed by atoms with Crippen LogP contribution in [-0.4, -0.2) is 38.1 Å². The molecule has 0 aromatic carbocycles. The van der Waals surface area contributed by atoms with Crippen molar-refractivity contribution in [3.8, 4) is 0 Å². The fourth-order valence-corrected chi connectivity index (χ4v) is 3.83. The zero-order chi connectivity index (χ0) is 15.0. The van der Waals surface area contributed by atoms with Crippen LogP contribution in [0.5, 0.6) is 0 Å². The molecule has 0 aromatic rings. The average Bonchev–Trinajstić information content (AvgIpc) is 2.35. The highest BCUT2D eigenvalue weighted by Gasteiger charge is 2.35. The topological polar surface area (TPSA) is 15.3 Å². The van der Waals surface area contributed by atoms with Gasteiger partial charge in [-0.05, 0) is 56.7 Å². The second-order valence-corrected chi connectivity index (χ2v) is 7.82. The van der Waals surface area contributed by atoms with Crippen molar-refractivity contribution in [1.29, 1.82) is 0 Å². The molecule has 0 spiro atoms. The molecule has 0 radical (unpaired) electrons. The number of hydrogen-bond donors (Lipinski definition) is 1. The van der Waals surface area contributed by atoms with Gasteiger partial charge in [-0.2, -0.15) is 0 Å². The predicted octanol–water partition coefficient (Wildman–Crippen LogP) is 4.16. The Labute approximate surface area is 127 Å². The maximum Gasteiger partial charge on any atom is 0.00472 e. The second kappa shape index (κ2) is 9.04. The number of hydrogen-bond acceptors (Lipinski definition) is 2. The third kappa shape index (κ3) is 6.58. The molecule has 120 valence electrons. The van der Waals surface area contributed by atoms with Crippen LogP contribution in [0.4, 0.5) is 0 Å². The van der Waals surface area contributed by atoms with E-state index in [0.29, 0.717) is 5.41 Å². The highest BCUT2D eigenvalue weighted by molar-refractivity contribution is 4.89. The molecule has 20 heavy (non-hydrogen) atoms. The molecule has 0 bridgehead atoms. The lowest BCUT2D eigenvalue weighted by Gasteiger charge is -2.43. The third-order valence-corrected chi connectivity index (χ3v) is 4.74. The number of unbranched alkanes of at least 4 members (excludes halogenated alkanes) is 1. The molecule has 0 aromatic heterocycles. The SMILES string of the molecule is CCCCN(C)CC1(CNCC(C)C)CCCC(C)C1. The van der Waals surface area contributed by atoms with Crippen molar-refractivity contribution in [2.24, 2.45) is 17.3 Å². The Morgan fingerprint density at radius 2 is 2.10 bits per heavy atom. The molecule has 1 fully saturated rings. The second-order valence-electron chi connectivity index (χ2n) is 7.82. The maximum absolute atomic E-state index is 3.75. The smallest absolute Gasteiger partial charge is 0.00472 e. The van der Waals surface area contributed by atoms with E-state index < -0.39 is 0 Å². The average molecular weight is 283 g/mol. The largest absolute Gasteiger partial charge is 0.316 e. The fourth-order valence-electron chi connectivity index (χ4n) is 3.83. The highest BCUT2D eigenvalue weighted by Crippen LogP contribution is 2.39. The lowest BCUT2D eigenvalue weighted by molar-refractivity contribution is 0.0906. The first-order chi connectivity index (χ1) is 9.47. The van der Waals surface area contributed by atoms with Crippen molar-refractivity contribution >= 4 is 0 Å². The quantitative estimate of drug-likeness (QED) is 0.683. The first-order valence-electron chi connectivity index (χ1n) is 8.86. The number of nitrogens with zero attached hydrogens (tertiary/aromatic N) is 1. The molecule has 1 aliphatic carbocycles. The Morgan fingerprint density at radius 1 is 1.35 bits per heavy atom. The molecule has 0 saturated heterocycles. The Bertz CT molecular complexity index is 252. The van der Waals surface area contributed by atoms with Gasteiger partial charge in [0.05, 0.1) is 0 Å². The van der Waals surface area contributed by atoms with Crippen LogP contribution < -0.4 is 5.32 Å². The summed E-state index contributed by atoms with van der Waals surface area (Å²) in [4.78, 5) is 2.58. The minimum absolute atomic E-state index is 0.523. The minimum atomic E-state index is 0.523. The first-order valence-corrected chi connectivity index (χ1v) is 8.86. The van der Waals surface area contributed by atoms with E-state index in [1.54, 1.807) is 0 Å². The zero-order valence-corrected chi connectivity index (χ0v) is 14.7. The van der Waals surface area contributed by atoms with Crippen LogP contribution in [0.1, 0.15) is 66.2 Å². The lowest BCUT2D eigenvalue weighted by Crippen LogP contribution is -2.46. The van der Waals surface area contributed by atoms with Gasteiger partial charge in [0, 0.05) is 13.1 Å². The van der Waals surface area contributed by atoms with E-state index >= 15 is 0 Å². The van der Waals surface area contributed by atoms with Gasteiger partial charge in [0.2, 0.25) is 0 Å². The Kier molecular flexibility index (Phi) is 8.13. The zero-order valence-electron chi connectivity index (χ0n) is 14.7. The third-order valence-electron chi connectivity index (χ3n) is 4.74. The minimum Gasteiger partial charge on any atom is -0.316 e. The summed E-state index contributed by atoms with van der Waals surface area (Å²) in [7, 11) is 2.32. The van der Waals surface area contributed by atoms with E-state index in [-0.39, 0.29) is 0 Å². The van der Waals surface area contributed by atoms with E-state index in [4.69, 9.17) is 0 Å². The van der Waals surface area contributed by atoms with Crippen molar-refractivity contribution < 1.29 is 0 Å². The molecular weight excluding hydrogens is 244 g/mol. The molecule has 0 aliphatic heterocycles. The molecule has 1 rings (SSSR count). The summed E-state index contributed by atoms with van der Waals surface area (Å²) in [6, 6.07) is 0. The molecule has 1 saturated carbocycles. The standard InChI is InChI=1S/C18H38N2/c1-6-7-11-20(5)15-18(14-19-13-16(2)3)10-8-9-17(4)12-18/h16-17,19H,6-15H2,1-5H3. The van der Waals surface area contributed by atoms with Crippen LogP contribution >= 0.6 is 0 Å². The summed E-state index contributed by atoms with van der Waals surface area (Å²) in [6.45, 7) is 14.3. The first kappa shape index (κ1) is 18.0. The molecule has 2 nitrogen and oxygen atoms in total. The summed E-state index contributed by atoms with van der Waals surface area (Å²) >= 11 is 0. The normalized spacial score (nSPS) is 27.4. The summed E-state index contributed by atoms with van der Waals surface area (Å²) < 4.78 is 0. The molecule has 2 atom stereocenters. The molecular formula is C18H38N2. The number of nitrogens with one attached hydrogen (secondary N) is 1. The van der Waals surface area contributed by atoms with Crippen LogP contribution in [0, 0.1) is 17.3 Å². The predicted molar refractivity (Wildman–Crippen MR) is 90.2 cm³/mol. The van der Waals surface area contributed by atoms with Gasteiger partial charge in [-0.1, -0.05) is 47.0 Å². The van der Waals surface area contributed by atoms with Crippen LogP contribution in [0.2, 0.25) is 0 Å². The van der Waals surface area contributed by atoms with Crippen molar-refractivity contribution in [3.05, 3.63) is 0 Å². The monoisotopic (exact) mass is 282 g/mol. The molecule has 0 heterocycles. The summed E-state index contributed by atoms with van der Waals surface area (Å²) in [5.74, 6) is 1.66. The van der Waals surface area contributed by atoms with E-state index in [1.807, 2.05) is 0 Å². The van der Waals surface area contributed by atoms with Crippen molar-refractivity contribution in [2.45, 2.75) is 66.2 Å². The fraction of sp³-hybridized carbons (Fsp3) is 1.00. The van der Waals surface area contributed by atoms with Gasteiger partial charge in [-0.15, -0.1) is 0 Å². The van der Waals surface area contributed by atoms with E-state index in [1.165, 1.54) is 58.2 Å². The van der Waals surface area contributed by atoms with Gasteiger partial charge in [0.15, 0.2) is 0 Å². The van der Waals surface area contributed by atoms with Gasteiger partial charge in [0.25, 0.3) is 0 Å². The maximum atomic E-state index is 3.75. The van der Waals surface area contributed by atoms with Crippen molar-refractivity contribution in [1.82, 2.24) is 10.2 Å². The molecule has 1 N–H and O–H groups in total. The Balaban J connectivity index is 2.53. The molecule has 2 heteroatoms. The van der Waals surface area contributed by atoms with Gasteiger partial charge >= 0.3 is 0 Å². The molecule has 1 aliphatic rings. The summed E-state index contributed by atoms with van der Waals surface area (Å²) in [5.41, 5.74) is 0.523. The Hall–Kier alpha value is -0.0800. The van der Waals surface area contributed by atoms with Crippen LogP contribution in [-0.2, 0) is 0 Å². The van der Waals surface area contributed by atoms with E-state index in [0.717, 1.165) is 18.4 Å². The van der Waals surface area contributed by atoms with Crippen LogP contribution in [0.15, 0.2) is 0 Å². The van der Waals surface area contributed by atoms with Crippen molar-refractivity contribution in [2.75, 3.05) is 33.2 Å². The summed E-state index contributed by atoms with van der Waals surface area (Å²) in [6.07, 6.45) is 8.32. The van der Waals surface area contributed by atoms with E-state index in [9.17, 15) is 0 Å². The lowest BCUT2D eigenvalue weighted by atomic mass is 9.69.